The van der Waals surface area contributed by atoms with E-state index in [1.165, 1.54) is 70.6 Å². The van der Waals surface area contributed by atoms with E-state index in [0.717, 1.165) is 29.6 Å². The Labute approximate surface area is 188 Å². The minimum Gasteiger partial charge on any atom is -0.0847 e. The van der Waals surface area contributed by atoms with Crippen molar-refractivity contribution >= 4 is 0 Å². The molecule has 0 radical (unpaired) electrons. The van der Waals surface area contributed by atoms with E-state index in [1.54, 1.807) is 0 Å². The monoisotopic (exact) mass is 410 g/mol. The average Bonchev–Trinajstić information content (AvgIpc) is 2.81. The number of allylic oxidation sites excluding steroid dienone is 4. The van der Waals surface area contributed by atoms with Crippen LogP contribution in [0.4, 0.5) is 0 Å². The minimum absolute atomic E-state index is 0.505. The van der Waals surface area contributed by atoms with E-state index in [-0.39, 0.29) is 0 Å². The summed E-state index contributed by atoms with van der Waals surface area (Å²) in [7, 11) is 0. The lowest BCUT2D eigenvalue weighted by Gasteiger charge is -2.54. The van der Waals surface area contributed by atoms with Crippen LogP contribution in [0.5, 0.6) is 0 Å². The second-order valence-corrected chi connectivity index (χ2v) is 13.4. The third kappa shape index (κ3) is 3.67. The van der Waals surface area contributed by atoms with Gasteiger partial charge in [-0.15, -0.1) is 0 Å². The molecule has 0 aliphatic heterocycles. The topological polar surface area (TPSA) is 0 Å². The first-order valence-electron chi connectivity index (χ1n) is 13.5. The van der Waals surface area contributed by atoms with Gasteiger partial charge in [0.2, 0.25) is 0 Å². The summed E-state index contributed by atoms with van der Waals surface area (Å²) in [5, 5.41) is 0. The van der Waals surface area contributed by atoms with Gasteiger partial charge in [-0.3, -0.25) is 0 Å². The molecule has 0 amide bonds. The minimum atomic E-state index is 0.505. The fraction of sp³-hybridized carbons (Fsp3) is 0.867. The standard InChI is InChI=1S/C30H50/c1-21(2)10-8-11-22(3)25-16-19-30(7)27-14-13-26-23(12-9-17-28(26,4)5)20-24(27)15-18-29(25,30)6/h12,15,21-22,25-27H,8-11,13-14,16-20H2,1-7H3. The SMILES string of the molecule is CC(C)CCCC(C)C1CCC2(C)C3CCC4C(=CCCC4(C)C)CC3=CCC12C. The summed E-state index contributed by atoms with van der Waals surface area (Å²) in [5.74, 6) is 4.34. The third-order valence-corrected chi connectivity index (χ3v) is 11.0. The van der Waals surface area contributed by atoms with Crippen molar-refractivity contribution in [2.24, 2.45) is 45.8 Å². The summed E-state index contributed by atoms with van der Waals surface area (Å²) < 4.78 is 0. The summed E-state index contributed by atoms with van der Waals surface area (Å²) in [6.45, 7) is 17.9. The van der Waals surface area contributed by atoms with Gasteiger partial charge < -0.3 is 0 Å². The molecule has 4 rings (SSSR count). The lowest BCUT2D eigenvalue weighted by molar-refractivity contribution is -0.00775. The largest absolute Gasteiger partial charge is 0.0847 e. The second kappa shape index (κ2) is 8.12. The molecule has 4 aliphatic carbocycles. The van der Waals surface area contributed by atoms with Crippen LogP contribution in [-0.4, -0.2) is 0 Å². The number of hydrogen-bond donors (Lipinski definition) is 0. The molecule has 2 fully saturated rings. The van der Waals surface area contributed by atoms with Crippen molar-refractivity contribution in [1.29, 1.82) is 0 Å². The van der Waals surface area contributed by atoms with E-state index < -0.39 is 0 Å². The maximum Gasteiger partial charge on any atom is -0.0103 e. The van der Waals surface area contributed by atoms with Crippen molar-refractivity contribution in [3.63, 3.8) is 0 Å². The number of rotatable bonds is 5. The normalized spacial score (nSPS) is 41.3. The van der Waals surface area contributed by atoms with Gasteiger partial charge in [0, 0.05) is 0 Å². The van der Waals surface area contributed by atoms with E-state index in [1.807, 2.05) is 11.1 Å². The van der Waals surface area contributed by atoms with Crippen LogP contribution < -0.4 is 0 Å². The molecule has 0 saturated heterocycles. The highest BCUT2D eigenvalue weighted by Gasteiger charge is 2.60. The molecular formula is C30H50. The van der Waals surface area contributed by atoms with Gasteiger partial charge in [-0.2, -0.15) is 0 Å². The quantitative estimate of drug-likeness (QED) is 0.396. The van der Waals surface area contributed by atoms with Crippen molar-refractivity contribution in [1.82, 2.24) is 0 Å². The molecule has 30 heavy (non-hydrogen) atoms. The summed E-state index contributed by atoms with van der Waals surface area (Å²) in [5.41, 5.74) is 5.19. The maximum atomic E-state index is 2.76. The predicted molar refractivity (Wildman–Crippen MR) is 131 cm³/mol. The van der Waals surface area contributed by atoms with Crippen LogP contribution in [0.1, 0.15) is 119 Å². The molecule has 0 heterocycles. The molecule has 0 aromatic heterocycles. The fourth-order valence-corrected chi connectivity index (χ4v) is 8.78. The Kier molecular flexibility index (Phi) is 6.13. The molecule has 0 heteroatoms. The highest BCUT2D eigenvalue weighted by atomic mass is 14.6. The maximum absolute atomic E-state index is 2.76. The highest BCUT2D eigenvalue weighted by Crippen LogP contribution is 2.69. The fourth-order valence-electron chi connectivity index (χ4n) is 8.78. The summed E-state index contributed by atoms with van der Waals surface area (Å²) >= 11 is 0. The van der Waals surface area contributed by atoms with E-state index in [0.29, 0.717) is 16.2 Å². The van der Waals surface area contributed by atoms with Gasteiger partial charge in [0.1, 0.15) is 0 Å². The van der Waals surface area contributed by atoms with E-state index in [9.17, 15) is 0 Å². The summed E-state index contributed by atoms with van der Waals surface area (Å²) in [6, 6.07) is 0. The Bertz CT molecular complexity index is 691. The van der Waals surface area contributed by atoms with Crippen molar-refractivity contribution in [2.45, 2.75) is 119 Å². The van der Waals surface area contributed by atoms with Gasteiger partial charge >= 0.3 is 0 Å². The molecular weight excluding hydrogens is 360 g/mol. The Morgan fingerprint density at radius 1 is 0.833 bits per heavy atom. The summed E-state index contributed by atoms with van der Waals surface area (Å²) in [4.78, 5) is 0. The molecule has 6 atom stereocenters. The zero-order chi connectivity index (χ0) is 21.7. The zero-order valence-corrected chi connectivity index (χ0v) is 21.3. The summed E-state index contributed by atoms with van der Waals surface area (Å²) in [6.07, 6.45) is 20.8. The molecule has 0 N–H and O–H groups in total. The van der Waals surface area contributed by atoms with Crippen molar-refractivity contribution in [3.8, 4) is 0 Å². The van der Waals surface area contributed by atoms with Gasteiger partial charge in [-0.25, -0.2) is 0 Å². The molecule has 0 nitrogen and oxygen atoms in total. The van der Waals surface area contributed by atoms with Crippen molar-refractivity contribution < 1.29 is 0 Å². The second-order valence-electron chi connectivity index (χ2n) is 13.4. The lowest BCUT2D eigenvalue weighted by Crippen LogP contribution is -2.46. The van der Waals surface area contributed by atoms with E-state index in [2.05, 4.69) is 60.6 Å². The first kappa shape index (κ1) is 22.7. The Balaban J connectivity index is 1.56. The van der Waals surface area contributed by atoms with Crippen LogP contribution in [0.3, 0.4) is 0 Å². The van der Waals surface area contributed by atoms with Crippen molar-refractivity contribution in [3.05, 3.63) is 23.3 Å². The predicted octanol–water partition coefficient (Wildman–Crippen LogP) is 9.36. The average molecular weight is 411 g/mol. The highest BCUT2D eigenvalue weighted by molar-refractivity contribution is 5.31. The third-order valence-electron chi connectivity index (χ3n) is 11.0. The van der Waals surface area contributed by atoms with E-state index >= 15 is 0 Å². The van der Waals surface area contributed by atoms with Gasteiger partial charge in [0.05, 0.1) is 0 Å². The molecule has 2 saturated carbocycles. The zero-order valence-electron chi connectivity index (χ0n) is 21.3. The van der Waals surface area contributed by atoms with Crippen LogP contribution in [-0.2, 0) is 0 Å². The number of hydrogen-bond acceptors (Lipinski definition) is 0. The first-order valence-corrected chi connectivity index (χ1v) is 13.5. The molecule has 170 valence electrons. The van der Waals surface area contributed by atoms with Gasteiger partial charge in [-0.1, -0.05) is 91.0 Å². The van der Waals surface area contributed by atoms with E-state index in [4.69, 9.17) is 0 Å². The Morgan fingerprint density at radius 3 is 2.27 bits per heavy atom. The van der Waals surface area contributed by atoms with Crippen LogP contribution in [0.25, 0.3) is 0 Å². The van der Waals surface area contributed by atoms with Gasteiger partial charge in [0.25, 0.3) is 0 Å². The molecule has 0 aromatic rings. The molecule has 6 unspecified atom stereocenters. The molecule has 0 aromatic carbocycles. The molecule has 0 spiro atoms. The Morgan fingerprint density at radius 2 is 1.53 bits per heavy atom. The smallest absolute Gasteiger partial charge is 0.0103 e. The molecule has 4 aliphatic rings. The first-order chi connectivity index (χ1) is 14.1. The lowest BCUT2D eigenvalue weighted by atomic mass is 9.51. The van der Waals surface area contributed by atoms with Gasteiger partial charge in [0.15, 0.2) is 0 Å². The van der Waals surface area contributed by atoms with Crippen LogP contribution in [0.15, 0.2) is 23.3 Å². The van der Waals surface area contributed by atoms with Crippen molar-refractivity contribution in [2.75, 3.05) is 0 Å². The van der Waals surface area contributed by atoms with Gasteiger partial charge in [-0.05, 0) is 97.2 Å². The number of fused-ring (bicyclic) bond motifs is 4. The molecule has 0 bridgehead atoms. The Hall–Kier alpha value is -0.520. The van der Waals surface area contributed by atoms with Crippen LogP contribution in [0.2, 0.25) is 0 Å². The van der Waals surface area contributed by atoms with Crippen LogP contribution >= 0.6 is 0 Å². The van der Waals surface area contributed by atoms with Crippen LogP contribution in [0, 0.1) is 45.8 Å².